The van der Waals surface area contributed by atoms with Gasteiger partial charge < -0.3 is 15.7 Å². The van der Waals surface area contributed by atoms with Crippen LogP contribution < -0.4 is 10.6 Å². The standard InChI is InChI=1S/C8H16N2O3/c1-3-4-9-5-7(11)10-6(2)8(12)13/h6,9H,3-5H2,1-2H3,(H,10,11)(H,12,13)/t6-/m0/s1. The lowest BCUT2D eigenvalue weighted by molar-refractivity contribution is -0.141. The van der Waals surface area contributed by atoms with E-state index >= 15 is 0 Å². The molecule has 0 heterocycles. The Balaban J connectivity index is 3.56. The summed E-state index contributed by atoms with van der Waals surface area (Å²) < 4.78 is 0. The summed E-state index contributed by atoms with van der Waals surface area (Å²) >= 11 is 0. The summed E-state index contributed by atoms with van der Waals surface area (Å²) in [5.74, 6) is -1.31. The third-order valence-electron chi connectivity index (χ3n) is 1.46. The van der Waals surface area contributed by atoms with Crippen molar-refractivity contribution in [1.29, 1.82) is 0 Å². The number of carbonyl (C=O) groups is 2. The van der Waals surface area contributed by atoms with Gasteiger partial charge in [-0.25, -0.2) is 0 Å². The molecule has 0 aliphatic carbocycles. The van der Waals surface area contributed by atoms with Crippen molar-refractivity contribution in [3.63, 3.8) is 0 Å². The maximum absolute atomic E-state index is 11.0. The average Bonchev–Trinajstić information content (AvgIpc) is 2.04. The molecule has 0 bridgehead atoms. The normalized spacial score (nSPS) is 12.2. The molecule has 0 radical (unpaired) electrons. The number of nitrogens with one attached hydrogen (secondary N) is 2. The predicted octanol–water partition coefficient (Wildman–Crippen LogP) is -0.425. The van der Waals surface area contributed by atoms with Crippen molar-refractivity contribution in [2.45, 2.75) is 26.3 Å². The molecule has 0 aromatic rings. The van der Waals surface area contributed by atoms with Crippen LogP contribution in [-0.2, 0) is 9.59 Å². The summed E-state index contributed by atoms with van der Waals surface area (Å²) in [7, 11) is 0. The van der Waals surface area contributed by atoms with E-state index in [0.717, 1.165) is 13.0 Å². The molecule has 0 aliphatic heterocycles. The summed E-state index contributed by atoms with van der Waals surface area (Å²) in [5.41, 5.74) is 0. The Bertz CT molecular complexity index is 182. The molecular weight excluding hydrogens is 172 g/mol. The molecule has 0 aromatic carbocycles. The molecule has 1 amide bonds. The minimum absolute atomic E-state index is 0.172. The van der Waals surface area contributed by atoms with Gasteiger partial charge in [-0.3, -0.25) is 9.59 Å². The largest absolute Gasteiger partial charge is 0.480 e. The van der Waals surface area contributed by atoms with E-state index < -0.39 is 12.0 Å². The van der Waals surface area contributed by atoms with Gasteiger partial charge >= 0.3 is 5.97 Å². The zero-order valence-electron chi connectivity index (χ0n) is 7.96. The molecule has 0 unspecified atom stereocenters. The zero-order chi connectivity index (χ0) is 10.3. The average molecular weight is 188 g/mol. The first-order valence-electron chi connectivity index (χ1n) is 4.30. The molecule has 0 saturated heterocycles. The van der Waals surface area contributed by atoms with E-state index in [1.165, 1.54) is 6.92 Å². The molecule has 0 fully saturated rings. The van der Waals surface area contributed by atoms with Crippen LogP contribution in [-0.4, -0.2) is 36.1 Å². The van der Waals surface area contributed by atoms with E-state index in [1.807, 2.05) is 6.92 Å². The summed E-state index contributed by atoms with van der Waals surface area (Å²) in [6.07, 6.45) is 0.946. The first-order chi connectivity index (χ1) is 6.07. The summed E-state index contributed by atoms with van der Waals surface area (Å²) in [5, 5.41) is 13.7. The molecule has 13 heavy (non-hydrogen) atoms. The quantitative estimate of drug-likeness (QED) is 0.494. The Hall–Kier alpha value is -1.10. The summed E-state index contributed by atoms with van der Waals surface area (Å²) in [6, 6.07) is -0.823. The fourth-order valence-corrected chi connectivity index (χ4v) is 0.733. The van der Waals surface area contributed by atoms with Gasteiger partial charge in [0.25, 0.3) is 0 Å². The molecule has 0 spiro atoms. The molecule has 76 valence electrons. The van der Waals surface area contributed by atoms with E-state index in [0.29, 0.717) is 0 Å². The van der Waals surface area contributed by atoms with Crippen LogP contribution in [0.1, 0.15) is 20.3 Å². The van der Waals surface area contributed by atoms with Crippen molar-refractivity contribution in [2.24, 2.45) is 0 Å². The molecule has 0 aromatic heterocycles. The van der Waals surface area contributed by atoms with Crippen LogP contribution in [0.5, 0.6) is 0 Å². The number of amides is 1. The van der Waals surface area contributed by atoms with Crippen LogP contribution >= 0.6 is 0 Å². The molecule has 0 aliphatic rings. The highest BCUT2D eigenvalue weighted by Gasteiger charge is 2.12. The van der Waals surface area contributed by atoms with Crippen molar-refractivity contribution < 1.29 is 14.7 Å². The highest BCUT2D eigenvalue weighted by atomic mass is 16.4. The number of hydrogen-bond acceptors (Lipinski definition) is 3. The lowest BCUT2D eigenvalue weighted by Gasteiger charge is -2.09. The van der Waals surface area contributed by atoms with E-state index in [9.17, 15) is 9.59 Å². The molecule has 0 saturated carbocycles. The molecule has 5 nitrogen and oxygen atoms in total. The smallest absolute Gasteiger partial charge is 0.325 e. The fourth-order valence-electron chi connectivity index (χ4n) is 0.733. The second kappa shape index (κ2) is 6.42. The number of carboxylic acids is 1. The Morgan fingerprint density at radius 3 is 2.54 bits per heavy atom. The maximum Gasteiger partial charge on any atom is 0.325 e. The Morgan fingerprint density at radius 1 is 1.46 bits per heavy atom. The molecular formula is C8H16N2O3. The van der Waals surface area contributed by atoms with Crippen molar-refractivity contribution in [3.8, 4) is 0 Å². The second-order valence-electron chi connectivity index (χ2n) is 2.80. The van der Waals surface area contributed by atoms with Gasteiger partial charge in [0.2, 0.25) is 5.91 Å². The van der Waals surface area contributed by atoms with Crippen molar-refractivity contribution in [1.82, 2.24) is 10.6 Å². The van der Waals surface area contributed by atoms with E-state index in [1.54, 1.807) is 0 Å². The molecule has 0 rings (SSSR count). The summed E-state index contributed by atoms with van der Waals surface area (Å²) in [4.78, 5) is 21.3. The Morgan fingerprint density at radius 2 is 2.08 bits per heavy atom. The van der Waals surface area contributed by atoms with E-state index in [4.69, 9.17) is 5.11 Å². The van der Waals surface area contributed by atoms with Crippen molar-refractivity contribution in [3.05, 3.63) is 0 Å². The van der Waals surface area contributed by atoms with Gasteiger partial charge in [-0.2, -0.15) is 0 Å². The number of aliphatic carboxylic acids is 1. The van der Waals surface area contributed by atoms with Crippen LogP contribution in [0.25, 0.3) is 0 Å². The monoisotopic (exact) mass is 188 g/mol. The van der Waals surface area contributed by atoms with Crippen LogP contribution in [0.15, 0.2) is 0 Å². The van der Waals surface area contributed by atoms with Gasteiger partial charge in [0, 0.05) is 0 Å². The number of hydrogen-bond donors (Lipinski definition) is 3. The number of carboxylic acid groups (broad SMARTS) is 1. The van der Waals surface area contributed by atoms with Gasteiger partial charge in [0.15, 0.2) is 0 Å². The second-order valence-corrected chi connectivity index (χ2v) is 2.80. The van der Waals surface area contributed by atoms with Gasteiger partial charge in [-0.1, -0.05) is 6.92 Å². The molecule has 5 heteroatoms. The number of rotatable bonds is 6. The maximum atomic E-state index is 11.0. The highest BCUT2D eigenvalue weighted by Crippen LogP contribution is 1.80. The minimum atomic E-state index is -1.02. The first-order valence-corrected chi connectivity index (χ1v) is 4.30. The molecule has 3 N–H and O–H groups in total. The highest BCUT2D eigenvalue weighted by molar-refractivity contribution is 5.84. The van der Waals surface area contributed by atoms with Crippen molar-refractivity contribution >= 4 is 11.9 Å². The van der Waals surface area contributed by atoms with Gasteiger partial charge in [-0.15, -0.1) is 0 Å². The Labute approximate surface area is 77.5 Å². The van der Waals surface area contributed by atoms with Crippen LogP contribution in [0.3, 0.4) is 0 Å². The topological polar surface area (TPSA) is 78.4 Å². The van der Waals surface area contributed by atoms with Gasteiger partial charge in [0.1, 0.15) is 6.04 Å². The molecule has 1 atom stereocenters. The third-order valence-corrected chi connectivity index (χ3v) is 1.46. The van der Waals surface area contributed by atoms with Gasteiger partial charge in [-0.05, 0) is 19.9 Å². The van der Waals surface area contributed by atoms with E-state index in [2.05, 4.69) is 10.6 Å². The van der Waals surface area contributed by atoms with Crippen LogP contribution in [0.2, 0.25) is 0 Å². The van der Waals surface area contributed by atoms with Crippen LogP contribution in [0.4, 0.5) is 0 Å². The Kier molecular flexibility index (Phi) is 5.88. The minimum Gasteiger partial charge on any atom is -0.480 e. The lowest BCUT2D eigenvalue weighted by atomic mass is 10.3. The predicted molar refractivity (Wildman–Crippen MR) is 48.4 cm³/mol. The van der Waals surface area contributed by atoms with E-state index in [-0.39, 0.29) is 12.5 Å². The van der Waals surface area contributed by atoms with Crippen LogP contribution in [0, 0.1) is 0 Å². The zero-order valence-corrected chi connectivity index (χ0v) is 7.96. The summed E-state index contributed by atoms with van der Waals surface area (Å²) in [6.45, 7) is 4.35. The first kappa shape index (κ1) is 11.9. The number of carbonyl (C=O) groups excluding carboxylic acids is 1. The van der Waals surface area contributed by atoms with Gasteiger partial charge in [0.05, 0.1) is 6.54 Å². The third kappa shape index (κ3) is 6.10. The fraction of sp³-hybridized carbons (Fsp3) is 0.750. The van der Waals surface area contributed by atoms with Crippen molar-refractivity contribution in [2.75, 3.05) is 13.1 Å². The SMILES string of the molecule is CCCNCC(=O)N[C@@H](C)C(=O)O. The lowest BCUT2D eigenvalue weighted by Crippen LogP contribution is -2.42.